The Bertz CT molecular complexity index is 1150. The molecule has 1 amide bonds. The number of nitrogens with zero attached hydrogens (tertiary/aromatic N) is 4. The standard InChI is InChI=1S/C21H21N5O2S2/c1-5-28-17-9-7-6-8-16(17)25-12(2)10-14(13(25)3)11-15-18(22)26-20(23-19(15)27)30-21(24-26)29-4/h6-11,22H,5H2,1-4H3/b15-11-,22-18?. The fraction of sp³-hybridized carbons (Fsp3) is 0.238. The number of ether oxygens (including phenoxy) is 1. The number of carbonyl (C=O) groups excluding carboxylic acids is 1. The van der Waals surface area contributed by atoms with Gasteiger partial charge in [-0.25, -0.2) is 0 Å². The molecule has 154 valence electrons. The number of aryl methyl sites for hydroxylation is 1. The summed E-state index contributed by atoms with van der Waals surface area (Å²) in [6, 6.07) is 9.86. The first-order valence-corrected chi connectivity index (χ1v) is 11.4. The summed E-state index contributed by atoms with van der Waals surface area (Å²) >= 11 is 2.77. The molecule has 1 aromatic heterocycles. The van der Waals surface area contributed by atoms with E-state index in [9.17, 15) is 4.79 Å². The third kappa shape index (κ3) is 3.48. The van der Waals surface area contributed by atoms with Crippen LogP contribution in [0.15, 0.2) is 46.0 Å². The summed E-state index contributed by atoms with van der Waals surface area (Å²) in [5, 5.41) is 14.7. The van der Waals surface area contributed by atoms with Gasteiger partial charge in [-0.15, -0.1) is 16.9 Å². The summed E-state index contributed by atoms with van der Waals surface area (Å²) < 4.78 is 8.65. The lowest BCUT2D eigenvalue weighted by atomic mass is 10.1. The van der Waals surface area contributed by atoms with Crippen LogP contribution in [-0.2, 0) is 4.79 Å². The summed E-state index contributed by atoms with van der Waals surface area (Å²) in [5.74, 6) is 0.418. The second-order valence-electron chi connectivity index (χ2n) is 6.65. The number of aliphatic imine (C=N–C) groups is 1. The first kappa shape index (κ1) is 20.5. The van der Waals surface area contributed by atoms with E-state index in [0.29, 0.717) is 11.8 Å². The number of rotatable bonds is 4. The Morgan fingerprint density at radius 1 is 1.30 bits per heavy atom. The van der Waals surface area contributed by atoms with Crippen molar-refractivity contribution in [2.75, 3.05) is 12.9 Å². The van der Waals surface area contributed by atoms with Gasteiger partial charge in [0.1, 0.15) is 5.75 Å². The Morgan fingerprint density at radius 2 is 2.07 bits per heavy atom. The van der Waals surface area contributed by atoms with Gasteiger partial charge in [0.15, 0.2) is 10.2 Å². The van der Waals surface area contributed by atoms with E-state index in [1.807, 2.05) is 57.4 Å². The third-order valence-corrected chi connectivity index (χ3v) is 6.67. The van der Waals surface area contributed by atoms with Gasteiger partial charge >= 0.3 is 0 Å². The summed E-state index contributed by atoms with van der Waals surface area (Å²) in [6.45, 7) is 6.53. The van der Waals surface area contributed by atoms with Crippen molar-refractivity contribution in [1.29, 1.82) is 5.41 Å². The number of amides is 1. The number of carbonyl (C=O) groups is 1. The highest BCUT2D eigenvalue weighted by Crippen LogP contribution is 2.33. The smallest absolute Gasteiger partial charge is 0.283 e. The van der Waals surface area contributed by atoms with E-state index >= 15 is 0 Å². The van der Waals surface area contributed by atoms with Crippen molar-refractivity contribution in [1.82, 2.24) is 9.58 Å². The molecule has 0 radical (unpaired) electrons. The van der Waals surface area contributed by atoms with Crippen LogP contribution in [0.5, 0.6) is 5.75 Å². The Labute approximate surface area is 183 Å². The van der Waals surface area contributed by atoms with Crippen molar-refractivity contribution in [2.45, 2.75) is 20.8 Å². The zero-order valence-electron chi connectivity index (χ0n) is 17.1. The van der Waals surface area contributed by atoms with E-state index in [2.05, 4.69) is 14.7 Å². The second kappa shape index (κ2) is 8.16. The molecule has 1 aromatic carbocycles. The second-order valence-corrected chi connectivity index (χ2v) is 8.66. The number of benzene rings is 1. The largest absolute Gasteiger partial charge is 0.492 e. The lowest BCUT2D eigenvalue weighted by Crippen LogP contribution is -2.35. The van der Waals surface area contributed by atoms with Gasteiger partial charge in [-0.05, 0) is 68.6 Å². The molecule has 2 aliphatic heterocycles. The molecule has 0 bridgehead atoms. The molecule has 0 saturated heterocycles. The zero-order chi connectivity index (χ0) is 21.4. The van der Waals surface area contributed by atoms with E-state index in [0.717, 1.165) is 32.8 Å². The highest BCUT2D eigenvalue weighted by molar-refractivity contribution is 8.45. The molecular formula is C21H21N5O2S2. The zero-order valence-corrected chi connectivity index (χ0v) is 18.7. The molecule has 2 aliphatic rings. The molecule has 0 fully saturated rings. The van der Waals surface area contributed by atoms with E-state index in [4.69, 9.17) is 10.1 Å². The minimum atomic E-state index is -0.421. The predicted octanol–water partition coefficient (Wildman–Crippen LogP) is 4.43. The number of amidine groups is 2. The maximum absolute atomic E-state index is 12.6. The minimum Gasteiger partial charge on any atom is -0.492 e. The fourth-order valence-corrected chi connectivity index (χ4v) is 4.78. The monoisotopic (exact) mass is 439 g/mol. The number of aromatic nitrogens is 1. The van der Waals surface area contributed by atoms with Crippen LogP contribution in [0.3, 0.4) is 0 Å². The van der Waals surface area contributed by atoms with Crippen LogP contribution < -0.4 is 4.74 Å². The lowest BCUT2D eigenvalue weighted by molar-refractivity contribution is -0.114. The van der Waals surface area contributed by atoms with Gasteiger partial charge in [-0.3, -0.25) is 10.2 Å². The quantitative estimate of drug-likeness (QED) is 0.713. The van der Waals surface area contributed by atoms with Crippen LogP contribution in [-0.4, -0.2) is 43.7 Å². The van der Waals surface area contributed by atoms with Crippen molar-refractivity contribution >= 4 is 50.9 Å². The summed E-state index contributed by atoms with van der Waals surface area (Å²) in [5.41, 5.74) is 3.97. The normalized spacial score (nSPS) is 17.3. The number of nitrogens with one attached hydrogen (secondary N) is 1. The number of hydrogen-bond donors (Lipinski definition) is 1. The summed E-state index contributed by atoms with van der Waals surface area (Å²) in [4.78, 5) is 16.8. The molecule has 0 atom stereocenters. The van der Waals surface area contributed by atoms with Gasteiger partial charge in [-0.2, -0.15) is 10.0 Å². The van der Waals surface area contributed by atoms with E-state index in [1.165, 1.54) is 28.5 Å². The van der Waals surface area contributed by atoms with E-state index in [-0.39, 0.29) is 11.4 Å². The van der Waals surface area contributed by atoms with Crippen molar-refractivity contribution in [3.05, 3.63) is 52.9 Å². The van der Waals surface area contributed by atoms with Crippen LogP contribution in [0.25, 0.3) is 11.8 Å². The van der Waals surface area contributed by atoms with Gasteiger partial charge in [0.05, 0.1) is 17.9 Å². The maximum atomic E-state index is 12.6. The fourth-order valence-electron chi connectivity index (χ4n) is 3.44. The molecular weight excluding hydrogens is 418 g/mol. The molecule has 30 heavy (non-hydrogen) atoms. The average Bonchev–Trinajstić information content (AvgIpc) is 3.26. The molecule has 0 aliphatic carbocycles. The van der Waals surface area contributed by atoms with Gasteiger partial charge in [0.25, 0.3) is 5.91 Å². The van der Waals surface area contributed by atoms with Crippen molar-refractivity contribution in [3.63, 3.8) is 0 Å². The first-order chi connectivity index (χ1) is 14.4. The van der Waals surface area contributed by atoms with E-state index < -0.39 is 5.91 Å². The first-order valence-electron chi connectivity index (χ1n) is 9.40. The Morgan fingerprint density at radius 3 is 2.80 bits per heavy atom. The molecule has 0 saturated carbocycles. The number of hydrogen-bond acceptors (Lipinski definition) is 6. The Hall–Kier alpha value is -2.78. The molecule has 3 heterocycles. The van der Waals surface area contributed by atoms with Crippen LogP contribution in [0, 0.1) is 19.3 Å². The highest BCUT2D eigenvalue weighted by Gasteiger charge is 2.35. The Kier molecular flexibility index (Phi) is 5.57. The lowest BCUT2D eigenvalue weighted by Gasteiger charge is -2.20. The minimum absolute atomic E-state index is 0.0427. The van der Waals surface area contributed by atoms with Crippen LogP contribution in [0.4, 0.5) is 0 Å². The molecule has 0 unspecified atom stereocenters. The van der Waals surface area contributed by atoms with Crippen LogP contribution in [0.1, 0.15) is 23.9 Å². The number of fused-ring (bicyclic) bond motifs is 1. The maximum Gasteiger partial charge on any atom is 0.283 e. The molecule has 9 heteroatoms. The summed E-state index contributed by atoms with van der Waals surface area (Å²) in [6.07, 6.45) is 3.63. The average molecular weight is 440 g/mol. The summed E-state index contributed by atoms with van der Waals surface area (Å²) in [7, 11) is 0. The van der Waals surface area contributed by atoms with Gasteiger partial charge < -0.3 is 9.30 Å². The van der Waals surface area contributed by atoms with Gasteiger partial charge in [0, 0.05) is 11.4 Å². The number of thioether (sulfide) groups is 2. The number of para-hydroxylation sites is 2. The van der Waals surface area contributed by atoms with Crippen LogP contribution >= 0.6 is 23.5 Å². The molecule has 1 N–H and O–H groups in total. The Balaban J connectivity index is 1.76. The van der Waals surface area contributed by atoms with Gasteiger partial charge in [-0.1, -0.05) is 12.1 Å². The SMILES string of the molecule is CCOc1ccccc1-n1c(C)cc(/C=C2/C(=N)N3N=C(SC)SC3=NC2=O)c1C. The van der Waals surface area contributed by atoms with Crippen LogP contribution in [0.2, 0.25) is 0 Å². The molecule has 7 nitrogen and oxygen atoms in total. The molecule has 0 spiro atoms. The van der Waals surface area contributed by atoms with E-state index in [1.54, 1.807) is 6.08 Å². The molecule has 4 rings (SSSR count). The molecule has 2 aromatic rings. The topological polar surface area (TPSA) is 83.0 Å². The number of hydrazone groups is 1. The highest BCUT2D eigenvalue weighted by atomic mass is 32.2. The predicted molar refractivity (Wildman–Crippen MR) is 125 cm³/mol. The van der Waals surface area contributed by atoms with Crippen molar-refractivity contribution in [3.8, 4) is 11.4 Å². The third-order valence-electron chi connectivity index (χ3n) is 4.79. The van der Waals surface area contributed by atoms with Crippen molar-refractivity contribution < 1.29 is 9.53 Å². The van der Waals surface area contributed by atoms with Gasteiger partial charge in [0.2, 0.25) is 5.17 Å². The van der Waals surface area contributed by atoms with Crippen molar-refractivity contribution in [2.24, 2.45) is 10.1 Å².